The van der Waals surface area contributed by atoms with Gasteiger partial charge in [-0.2, -0.15) is 13.2 Å². The van der Waals surface area contributed by atoms with Crippen molar-refractivity contribution in [1.29, 1.82) is 0 Å². The molecule has 7 heteroatoms. The molecular formula is C13H9BrF3NO2. The van der Waals surface area contributed by atoms with Crippen LogP contribution in [0.1, 0.15) is 21.5 Å². The summed E-state index contributed by atoms with van der Waals surface area (Å²) < 4.78 is 40.3. The van der Waals surface area contributed by atoms with E-state index in [9.17, 15) is 18.0 Å². The monoisotopic (exact) mass is 347 g/mol. The number of carboxylic acids is 1. The lowest BCUT2D eigenvalue weighted by atomic mass is 10.2. The summed E-state index contributed by atoms with van der Waals surface area (Å²) in [6.07, 6.45) is -2.88. The second-order valence-electron chi connectivity index (χ2n) is 4.19. The number of hydrogen-bond donors (Lipinski definition) is 1. The Bertz CT molecular complexity index is 632. The molecule has 1 aromatic carbocycles. The first kappa shape index (κ1) is 14.6. The number of aromatic carboxylic acids is 1. The topological polar surface area (TPSA) is 42.2 Å². The fourth-order valence-corrected chi connectivity index (χ4v) is 2.06. The van der Waals surface area contributed by atoms with Gasteiger partial charge >= 0.3 is 12.1 Å². The van der Waals surface area contributed by atoms with Gasteiger partial charge in [0.25, 0.3) is 0 Å². The van der Waals surface area contributed by atoms with Gasteiger partial charge in [0.05, 0.1) is 11.1 Å². The molecule has 106 valence electrons. The van der Waals surface area contributed by atoms with Crippen LogP contribution in [0, 0.1) is 0 Å². The third-order valence-corrected chi connectivity index (χ3v) is 3.22. The summed E-state index contributed by atoms with van der Waals surface area (Å²) in [6.45, 7) is 0.170. The smallest absolute Gasteiger partial charge is 0.418 e. The fraction of sp³-hybridized carbons (Fsp3) is 0.154. The number of carboxylic acid groups (broad SMARTS) is 1. The molecule has 0 aliphatic rings. The highest BCUT2D eigenvalue weighted by Crippen LogP contribution is 2.32. The largest absolute Gasteiger partial charge is 0.478 e. The van der Waals surface area contributed by atoms with E-state index in [1.165, 1.54) is 4.57 Å². The fourth-order valence-electron chi connectivity index (χ4n) is 1.80. The Morgan fingerprint density at radius 3 is 2.25 bits per heavy atom. The minimum atomic E-state index is -4.68. The van der Waals surface area contributed by atoms with Gasteiger partial charge in [0.2, 0.25) is 0 Å². The second-order valence-corrected chi connectivity index (χ2v) is 5.10. The zero-order chi connectivity index (χ0) is 14.9. The van der Waals surface area contributed by atoms with E-state index in [4.69, 9.17) is 5.11 Å². The summed E-state index contributed by atoms with van der Waals surface area (Å²) in [5.41, 5.74) is -1.11. The lowest BCUT2D eigenvalue weighted by molar-refractivity contribution is -0.138. The predicted octanol–water partition coefficient (Wildman–Crippen LogP) is 4.02. The van der Waals surface area contributed by atoms with Crippen LogP contribution in [-0.2, 0) is 12.7 Å². The standard InChI is InChI=1S/C13H9BrF3NO2/c14-9-3-1-8(2-4-9)5-18-6-10(12(19)20)11(7-18)13(15,16)17/h1-4,6-7H,5H2,(H,19,20). The molecule has 1 aromatic heterocycles. The van der Waals surface area contributed by atoms with Crippen LogP contribution in [0.15, 0.2) is 41.1 Å². The lowest BCUT2D eigenvalue weighted by Crippen LogP contribution is -2.09. The van der Waals surface area contributed by atoms with Gasteiger partial charge in [-0.25, -0.2) is 4.79 Å². The van der Waals surface area contributed by atoms with Crippen LogP contribution in [0.2, 0.25) is 0 Å². The molecule has 2 aromatic rings. The number of hydrogen-bond acceptors (Lipinski definition) is 1. The van der Waals surface area contributed by atoms with E-state index < -0.39 is 23.3 Å². The van der Waals surface area contributed by atoms with Gasteiger partial charge in [-0.1, -0.05) is 28.1 Å². The molecule has 0 radical (unpaired) electrons. The number of carbonyl (C=O) groups is 1. The van der Waals surface area contributed by atoms with Crippen LogP contribution >= 0.6 is 15.9 Å². The van der Waals surface area contributed by atoms with Gasteiger partial charge in [0.15, 0.2) is 0 Å². The number of aromatic nitrogens is 1. The van der Waals surface area contributed by atoms with Crippen LogP contribution in [0.4, 0.5) is 13.2 Å². The molecule has 0 aliphatic carbocycles. The Kier molecular flexibility index (Phi) is 3.89. The van der Waals surface area contributed by atoms with Gasteiger partial charge in [0.1, 0.15) is 0 Å². The first-order valence-electron chi connectivity index (χ1n) is 5.52. The highest BCUT2D eigenvalue weighted by atomic mass is 79.9. The van der Waals surface area contributed by atoms with Gasteiger partial charge < -0.3 is 9.67 Å². The minimum absolute atomic E-state index is 0.170. The summed E-state index contributed by atoms with van der Waals surface area (Å²) in [5.74, 6) is -1.59. The van der Waals surface area contributed by atoms with Gasteiger partial charge in [-0.3, -0.25) is 0 Å². The van der Waals surface area contributed by atoms with Crippen LogP contribution < -0.4 is 0 Å². The van der Waals surface area contributed by atoms with Crippen molar-refractivity contribution < 1.29 is 23.1 Å². The minimum Gasteiger partial charge on any atom is -0.478 e. The first-order valence-corrected chi connectivity index (χ1v) is 6.31. The summed E-state index contributed by atoms with van der Waals surface area (Å²) in [6, 6.07) is 7.03. The normalized spacial score (nSPS) is 11.6. The third kappa shape index (κ3) is 3.22. The molecule has 0 fully saturated rings. The van der Waals surface area contributed by atoms with Crippen LogP contribution in [0.25, 0.3) is 0 Å². The summed E-state index contributed by atoms with van der Waals surface area (Å²) >= 11 is 3.26. The Hall–Kier alpha value is -1.76. The molecule has 20 heavy (non-hydrogen) atoms. The van der Waals surface area contributed by atoms with Crippen molar-refractivity contribution in [1.82, 2.24) is 4.57 Å². The van der Waals surface area contributed by atoms with E-state index >= 15 is 0 Å². The molecule has 1 heterocycles. The van der Waals surface area contributed by atoms with Crippen LogP contribution in [0.5, 0.6) is 0 Å². The SMILES string of the molecule is O=C(O)c1cn(Cc2ccc(Br)cc2)cc1C(F)(F)F. The van der Waals surface area contributed by atoms with Crippen molar-refractivity contribution in [3.63, 3.8) is 0 Å². The van der Waals surface area contributed by atoms with Gasteiger partial charge in [-0.05, 0) is 17.7 Å². The number of nitrogens with zero attached hydrogens (tertiary/aromatic N) is 1. The molecule has 0 saturated heterocycles. The van der Waals surface area contributed by atoms with Crippen molar-refractivity contribution in [3.05, 3.63) is 57.8 Å². The molecular weight excluding hydrogens is 339 g/mol. The molecule has 3 nitrogen and oxygen atoms in total. The molecule has 0 saturated carbocycles. The quantitative estimate of drug-likeness (QED) is 0.911. The lowest BCUT2D eigenvalue weighted by Gasteiger charge is -2.05. The Morgan fingerprint density at radius 2 is 1.80 bits per heavy atom. The molecule has 0 amide bonds. The molecule has 0 bridgehead atoms. The Balaban J connectivity index is 2.34. The maximum atomic E-state index is 12.7. The van der Waals surface area contributed by atoms with E-state index in [-0.39, 0.29) is 6.54 Å². The zero-order valence-corrected chi connectivity index (χ0v) is 11.6. The third-order valence-electron chi connectivity index (χ3n) is 2.69. The van der Waals surface area contributed by atoms with Crippen LogP contribution in [0.3, 0.4) is 0 Å². The Labute approximate surface area is 120 Å². The van der Waals surface area contributed by atoms with Crippen molar-refractivity contribution >= 4 is 21.9 Å². The summed E-state index contributed by atoms with van der Waals surface area (Å²) in [4.78, 5) is 10.9. The zero-order valence-electron chi connectivity index (χ0n) is 9.99. The number of rotatable bonds is 3. The van der Waals surface area contributed by atoms with Crippen molar-refractivity contribution in [2.45, 2.75) is 12.7 Å². The van der Waals surface area contributed by atoms with Gasteiger partial charge in [-0.15, -0.1) is 0 Å². The van der Waals surface area contributed by atoms with E-state index in [0.717, 1.165) is 22.4 Å². The maximum absolute atomic E-state index is 12.7. The second kappa shape index (κ2) is 5.32. The highest BCUT2D eigenvalue weighted by molar-refractivity contribution is 9.10. The highest BCUT2D eigenvalue weighted by Gasteiger charge is 2.36. The predicted molar refractivity (Wildman–Crippen MR) is 69.6 cm³/mol. The number of alkyl halides is 3. The molecule has 2 rings (SSSR count). The maximum Gasteiger partial charge on any atom is 0.418 e. The van der Waals surface area contributed by atoms with E-state index in [1.807, 2.05) is 0 Å². The molecule has 0 unspecified atom stereocenters. The molecule has 1 N–H and O–H groups in total. The molecule has 0 aliphatic heterocycles. The van der Waals surface area contributed by atoms with Crippen molar-refractivity contribution in [2.75, 3.05) is 0 Å². The van der Waals surface area contributed by atoms with Crippen molar-refractivity contribution in [2.24, 2.45) is 0 Å². The average Bonchev–Trinajstić information content (AvgIpc) is 2.76. The first-order chi connectivity index (χ1) is 9.27. The van der Waals surface area contributed by atoms with E-state index in [1.54, 1.807) is 24.3 Å². The van der Waals surface area contributed by atoms with Crippen LogP contribution in [-0.4, -0.2) is 15.6 Å². The van der Waals surface area contributed by atoms with Crippen molar-refractivity contribution in [3.8, 4) is 0 Å². The van der Waals surface area contributed by atoms with E-state index in [0.29, 0.717) is 0 Å². The van der Waals surface area contributed by atoms with E-state index in [2.05, 4.69) is 15.9 Å². The summed E-state index contributed by atoms with van der Waals surface area (Å²) in [7, 11) is 0. The number of halogens is 4. The molecule has 0 atom stereocenters. The molecule has 0 spiro atoms. The number of benzene rings is 1. The summed E-state index contributed by atoms with van der Waals surface area (Å²) in [5, 5.41) is 8.83. The average molecular weight is 348 g/mol. The Morgan fingerprint density at radius 1 is 1.20 bits per heavy atom. The van der Waals surface area contributed by atoms with Gasteiger partial charge in [0, 0.05) is 23.4 Å².